The minimum absolute atomic E-state index is 0.0524. The molecule has 6 rings (SSSR count). The highest BCUT2D eigenvalue weighted by Gasteiger charge is 2.42. The first kappa shape index (κ1) is 43.2. The summed E-state index contributed by atoms with van der Waals surface area (Å²) in [5, 5.41) is 12.7. The molecule has 2 aliphatic rings. The molecule has 2 saturated heterocycles. The van der Waals surface area contributed by atoms with Gasteiger partial charge in [0.05, 0.1) is 91.3 Å². The zero-order chi connectivity index (χ0) is 40.4. The summed E-state index contributed by atoms with van der Waals surface area (Å²) < 4.78 is 42.8. The second kappa shape index (κ2) is 23.3. The largest absolute Gasteiger partial charge is 0.392 e. The average molecular weight is 797 g/mol. The van der Waals surface area contributed by atoms with E-state index in [0.717, 1.165) is 27.8 Å². The summed E-state index contributed by atoms with van der Waals surface area (Å²) in [6.07, 6.45) is -1.26. The van der Waals surface area contributed by atoms with E-state index < -0.39 is 6.29 Å². The Morgan fingerprint density at radius 2 is 1.21 bits per heavy atom. The fourth-order valence-electron chi connectivity index (χ4n) is 7.08. The van der Waals surface area contributed by atoms with Crippen molar-refractivity contribution in [3.63, 3.8) is 0 Å². The minimum Gasteiger partial charge on any atom is -0.392 e. The smallest absolute Gasteiger partial charge is 0.228 e. The summed E-state index contributed by atoms with van der Waals surface area (Å²) >= 11 is 0. The Morgan fingerprint density at radius 3 is 1.79 bits per heavy atom. The lowest BCUT2D eigenvalue weighted by Gasteiger charge is -2.44. The van der Waals surface area contributed by atoms with Crippen LogP contribution in [-0.4, -0.2) is 114 Å². The highest BCUT2D eigenvalue weighted by molar-refractivity contribution is 5.97. The number of rotatable bonds is 10. The number of ketones is 1. The summed E-state index contributed by atoms with van der Waals surface area (Å²) in [7, 11) is 0. The summed E-state index contributed by atoms with van der Waals surface area (Å²) in [6.45, 7) is 8.30. The lowest BCUT2D eigenvalue weighted by Crippen LogP contribution is -2.46. The molecule has 2 heterocycles. The quantitative estimate of drug-likeness (QED) is 0.186. The lowest BCUT2D eigenvalue weighted by molar-refractivity contribution is -0.263. The van der Waals surface area contributed by atoms with Crippen LogP contribution in [-0.2, 0) is 51.0 Å². The molecule has 4 aromatic rings. The second-order valence-electron chi connectivity index (χ2n) is 14.4. The molecule has 0 aromatic heterocycles. The number of hydrogen-bond acceptors (Lipinski definition) is 11. The minimum atomic E-state index is -0.712. The number of nitrogens with zero attached hydrogens (tertiary/aromatic N) is 1. The monoisotopic (exact) mass is 796 g/mol. The van der Waals surface area contributed by atoms with Gasteiger partial charge in [0.1, 0.15) is 0 Å². The van der Waals surface area contributed by atoms with E-state index in [1.165, 1.54) is 6.92 Å². The first-order valence-corrected chi connectivity index (χ1v) is 20.1. The fourth-order valence-corrected chi connectivity index (χ4v) is 7.08. The van der Waals surface area contributed by atoms with Crippen LogP contribution in [0.4, 0.5) is 5.69 Å². The average Bonchev–Trinajstić information content (AvgIpc) is 3.24. The predicted molar refractivity (Wildman–Crippen MR) is 219 cm³/mol. The van der Waals surface area contributed by atoms with E-state index in [0.29, 0.717) is 97.0 Å². The topological polar surface area (TPSA) is 134 Å². The molecule has 0 radical (unpaired) electrons. The van der Waals surface area contributed by atoms with Crippen LogP contribution >= 0.6 is 0 Å². The molecule has 4 aromatic carbocycles. The van der Waals surface area contributed by atoms with Crippen LogP contribution in [0.15, 0.2) is 103 Å². The molecule has 58 heavy (non-hydrogen) atoms. The van der Waals surface area contributed by atoms with Crippen molar-refractivity contribution in [2.75, 3.05) is 91.0 Å². The van der Waals surface area contributed by atoms with Crippen LogP contribution in [0.2, 0.25) is 0 Å². The van der Waals surface area contributed by atoms with Gasteiger partial charge in [-0.3, -0.25) is 14.5 Å². The van der Waals surface area contributed by atoms with Crippen molar-refractivity contribution in [3.8, 4) is 0 Å². The number of anilines is 1. The third-order valence-electron chi connectivity index (χ3n) is 10.2. The normalized spacial score (nSPS) is 22.3. The van der Waals surface area contributed by atoms with Crippen molar-refractivity contribution in [2.45, 2.75) is 44.4 Å². The number of aliphatic hydroxyl groups is 1. The third-order valence-corrected chi connectivity index (χ3v) is 10.2. The van der Waals surface area contributed by atoms with Crippen molar-refractivity contribution in [1.82, 2.24) is 4.90 Å². The van der Waals surface area contributed by atoms with Gasteiger partial charge in [0.2, 0.25) is 5.91 Å². The van der Waals surface area contributed by atoms with Gasteiger partial charge in [-0.25, -0.2) is 0 Å². The van der Waals surface area contributed by atoms with Crippen molar-refractivity contribution in [1.29, 1.82) is 0 Å². The summed E-state index contributed by atoms with van der Waals surface area (Å²) in [4.78, 5) is 27.2. The maximum atomic E-state index is 13.0. The van der Waals surface area contributed by atoms with Gasteiger partial charge in [-0.2, -0.15) is 0 Å². The summed E-state index contributed by atoms with van der Waals surface area (Å²) in [5.41, 5.74) is 5.64. The number of Topliss-reactive ketones (excluding diaryl/α,β-unsaturated/α-hetero) is 1. The number of hydrogen-bond donors (Lipinski definition) is 2. The first-order chi connectivity index (χ1) is 28.5. The zero-order valence-electron chi connectivity index (χ0n) is 33.3. The van der Waals surface area contributed by atoms with E-state index in [1.54, 1.807) is 24.3 Å². The van der Waals surface area contributed by atoms with E-state index in [-0.39, 0.29) is 42.8 Å². The number of carbonyl (C=O) groups is 2. The van der Waals surface area contributed by atoms with Crippen molar-refractivity contribution in [3.05, 3.63) is 137 Å². The van der Waals surface area contributed by atoms with Gasteiger partial charge in [-0.1, -0.05) is 91.0 Å². The molecule has 1 amide bonds. The molecule has 12 heteroatoms. The van der Waals surface area contributed by atoms with Gasteiger partial charge in [-0.05, 0) is 41.3 Å². The van der Waals surface area contributed by atoms with E-state index >= 15 is 0 Å². The van der Waals surface area contributed by atoms with Gasteiger partial charge in [0.15, 0.2) is 12.1 Å². The molecule has 0 saturated carbocycles. The van der Waals surface area contributed by atoms with Gasteiger partial charge >= 0.3 is 0 Å². The van der Waals surface area contributed by atoms with Crippen LogP contribution in [0.3, 0.4) is 0 Å². The zero-order valence-corrected chi connectivity index (χ0v) is 33.3. The van der Waals surface area contributed by atoms with Crippen molar-refractivity contribution in [2.24, 2.45) is 0 Å². The van der Waals surface area contributed by atoms with Crippen LogP contribution in [0.1, 0.15) is 63.4 Å². The summed E-state index contributed by atoms with van der Waals surface area (Å²) in [5.74, 6) is -0.430. The standard InChI is InChI=1S/C46H56N2O10/c1-34(50)40-8-5-9-41(31-40)47-43(51)30-35-10-16-39(17-11-35)46-57-42(32-48-18-20-52-22-24-54-26-28-56-29-27-55-25-23-53-21-19-48)44(37-6-3-2-4-7-37)45(58-46)38-14-12-36(33-49)13-15-38/h2-17,31,42,44-46,49H,18-30,32-33H2,1H3,(H,47,51)/t42-,44-,45+,46?/m1/s1. The molecule has 1 unspecified atom stereocenters. The number of nitrogens with one attached hydrogen (secondary N) is 1. The Balaban J connectivity index is 1.22. The molecule has 2 fully saturated rings. The Kier molecular flexibility index (Phi) is 17.4. The molecule has 310 valence electrons. The van der Waals surface area contributed by atoms with Crippen LogP contribution < -0.4 is 5.32 Å². The Labute approximate surface area is 341 Å². The van der Waals surface area contributed by atoms with Crippen molar-refractivity contribution < 1.29 is 47.9 Å². The van der Waals surface area contributed by atoms with Gasteiger partial charge in [0.25, 0.3) is 0 Å². The Bertz CT molecular complexity index is 1810. The van der Waals surface area contributed by atoms with Gasteiger partial charge in [0, 0.05) is 42.4 Å². The van der Waals surface area contributed by atoms with Crippen molar-refractivity contribution >= 4 is 17.4 Å². The van der Waals surface area contributed by atoms with Gasteiger partial charge < -0.3 is 43.6 Å². The maximum absolute atomic E-state index is 13.0. The van der Waals surface area contributed by atoms with Gasteiger partial charge in [-0.15, -0.1) is 0 Å². The Hall–Kier alpha value is -4.34. The summed E-state index contributed by atoms with van der Waals surface area (Å²) in [6, 6.07) is 32.9. The highest BCUT2D eigenvalue weighted by Crippen LogP contribution is 2.47. The molecule has 0 bridgehead atoms. The van der Waals surface area contributed by atoms with Crippen LogP contribution in [0.5, 0.6) is 0 Å². The Morgan fingerprint density at radius 1 is 0.638 bits per heavy atom. The highest BCUT2D eigenvalue weighted by atomic mass is 16.7. The molecule has 0 spiro atoms. The van der Waals surface area contributed by atoms with Crippen LogP contribution in [0, 0.1) is 0 Å². The molecule has 0 aliphatic carbocycles. The fraction of sp³-hybridized carbons (Fsp3) is 0.435. The molecule has 2 aliphatic heterocycles. The SMILES string of the molecule is CC(=O)c1cccc(NC(=O)Cc2ccc(C3O[C@H](CN4CCOCCOCCOCCOCCOCC4)[C@@H](c4ccccc4)[C@H](c4ccc(CO)cc4)O3)cc2)c1. The molecular weight excluding hydrogens is 741 g/mol. The van der Waals surface area contributed by atoms with E-state index in [2.05, 4.69) is 22.3 Å². The second-order valence-corrected chi connectivity index (χ2v) is 14.4. The molecule has 12 nitrogen and oxygen atoms in total. The number of benzene rings is 4. The number of amides is 1. The molecular formula is C46H56N2O10. The van der Waals surface area contributed by atoms with E-state index in [9.17, 15) is 14.7 Å². The van der Waals surface area contributed by atoms with Crippen LogP contribution in [0.25, 0.3) is 0 Å². The molecule has 4 atom stereocenters. The maximum Gasteiger partial charge on any atom is 0.228 e. The number of carbonyl (C=O) groups excluding carboxylic acids is 2. The van der Waals surface area contributed by atoms with E-state index in [4.69, 9.17) is 33.2 Å². The number of ether oxygens (including phenoxy) is 7. The number of aliphatic hydroxyl groups excluding tert-OH is 1. The van der Waals surface area contributed by atoms with E-state index in [1.807, 2.05) is 66.7 Å². The predicted octanol–water partition coefficient (Wildman–Crippen LogP) is 5.90. The molecule has 2 N–H and O–H groups in total. The lowest BCUT2D eigenvalue weighted by atomic mass is 9.83. The third kappa shape index (κ3) is 13.3. The first-order valence-electron chi connectivity index (χ1n) is 20.1.